The topological polar surface area (TPSA) is 292 Å². The van der Waals surface area contributed by atoms with Crippen molar-refractivity contribution in [1.82, 2.24) is 0 Å². The van der Waals surface area contributed by atoms with Crippen LogP contribution in [0, 0.1) is 0 Å². The SMILES string of the molecule is Nc1ccc2c([O-])c(N=Nc3ccc(N=Nc4ccc(N=Nc5ccccc5)c5cc(S(=O)(=O)[O-])ccc45)c4cc(S(=O)(=O)[O-])ccc34)c(S(=O)(=O)O)cc2c1.[Na+].[Na+].[Na+]. The van der Waals surface area contributed by atoms with Crippen LogP contribution in [0.1, 0.15) is 0 Å². The monoisotopic (exact) mass is 877 g/mol. The van der Waals surface area contributed by atoms with E-state index in [9.17, 15) is 44.0 Å². The Bertz CT molecular complexity index is 3210. The molecule has 7 rings (SSSR count). The van der Waals surface area contributed by atoms with Crippen LogP contribution in [0.2, 0.25) is 0 Å². The van der Waals surface area contributed by atoms with Crippen LogP contribution in [-0.2, 0) is 30.4 Å². The summed E-state index contributed by atoms with van der Waals surface area (Å²) in [5, 5.41) is 39.1. The van der Waals surface area contributed by atoms with Crippen LogP contribution in [0.5, 0.6) is 5.75 Å². The Labute approximate surface area is 402 Å². The summed E-state index contributed by atoms with van der Waals surface area (Å²) in [4.78, 5) is -2.00. The van der Waals surface area contributed by atoms with Crippen LogP contribution < -0.4 is 99.5 Å². The molecule has 0 bridgehead atoms. The van der Waals surface area contributed by atoms with E-state index in [0.717, 1.165) is 30.3 Å². The zero-order valence-electron chi connectivity index (χ0n) is 31.1. The molecule has 282 valence electrons. The molecule has 0 aliphatic heterocycles. The summed E-state index contributed by atoms with van der Waals surface area (Å²) in [5.74, 6) is -0.881. The molecule has 0 amide bonds. The molecular weight excluding hydrogens is 856 g/mol. The van der Waals surface area contributed by atoms with Crippen molar-refractivity contribution in [3.05, 3.63) is 115 Å². The molecule has 23 heteroatoms. The molecule has 0 saturated carbocycles. The van der Waals surface area contributed by atoms with E-state index in [1.165, 1.54) is 54.6 Å². The smallest absolute Gasteiger partial charge is 0.871 e. The van der Waals surface area contributed by atoms with Crippen molar-refractivity contribution in [2.24, 2.45) is 30.7 Å². The standard InChI is InChI=1S/C36H25N7O10S3.3Na/c37-21-6-9-25-20(16-21)17-34(56(51,52)53)35(36(25)44)43-42-31-13-15-33(29-19-24(55(48,49)50)8-11-27(29)31)41-40-30-12-14-32(39-38-22-4-2-1-3-5-22)28-18-23(54(45,46)47)7-10-26(28)30;;;/h1-19,44H,37H2,(H,45,46,47)(H,48,49,50)(H,51,52,53);;;/q;3*+1/p-3. The molecule has 0 fully saturated rings. The molecule has 0 unspecified atom stereocenters. The van der Waals surface area contributed by atoms with E-state index >= 15 is 0 Å². The van der Waals surface area contributed by atoms with Gasteiger partial charge in [-0.1, -0.05) is 42.1 Å². The normalized spacial score (nSPS) is 12.3. The molecule has 0 heterocycles. The number of hydrogen-bond acceptors (Lipinski definition) is 16. The molecular formula is C36H22N7Na3O10S3. The number of azo groups is 3. The number of benzene rings is 7. The zero-order valence-corrected chi connectivity index (χ0v) is 39.5. The first-order chi connectivity index (χ1) is 26.5. The van der Waals surface area contributed by atoms with Crippen LogP contribution in [0.4, 0.5) is 39.8 Å². The van der Waals surface area contributed by atoms with Crippen LogP contribution in [-0.4, -0.2) is 38.9 Å². The molecule has 0 atom stereocenters. The van der Waals surface area contributed by atoms with Crippen LogP contribution in [0.15, 0.2) is 161 Å². The van der Waals surface area contributed by atoms with Crippen molar-refractivity contribution in [2.45, 2.75) is 14.7 Å². The predicted molar refractivity (Wildman–Crippen MR) is 200 cm³/mol. The number of rotatable bonds is 9. The van der Waals surface area contributed by atoms with Gasteiger partial charge in [0.1, 0.15) is 25.1 Å². The molecule has 3 N–H and O–H groups in total. The van der Waals surface area contributed by atoms with Gasteiger partial charge in [0.25, 0.3) is 10.1 Å². The predicted octanol–water partition coefficient (Wildman–Crippen LogP) is -0.885. The Morgan fingerprint density at radius 3 is 1.41 bits per heavy atom. The molecule has 7 aromatic rings. The fourth-order valence-electron chi connectivity index (χ4n) is 5.72. The maximum atomic E-state index is 13.3. The second kappa shape index (κ2) is 19.0. The second-order valence-corrected chi connectivity index (χ2v) is 16.1. The maximum Gasteiger partial charge on any atom is 1.00 e. The van der Waals surface area contributed by atoms with Gasteiger partial charge in [-0.2, -0.15) is 13.5 Å². The molecule has 0 radical (unpaired) electrons. The van der Waals surface area contributed by atoms with Gasteiger partial charge in [0, 0.05) is 27.2 Å². The first kappa shape index (κ1) is 48.1. The largest absolute Gasteiger partial charge is 1.00 e. The Morgan fingerprint density at radius 2 is 0.932 bits per heavy atom. The third-order valence-electron chi connectivity index (χ3n) is 8.35. The first-order valence-corrected chi connectivity index (χ1v) is 20.1. The van der Waals surface area contributed by atoms with E-state index < -0.39 is 56.5 Å². The zero-order chi connectivity index (χ0) is 40.0. The van der Waals surface area contributed by atoms with E-state index in [2.05, 4.69) is 30.7 Å². The van der Waals surface area contributed by atoms with Gasteiger partial charge in [-0.3, -0.25) is 4.55 Å². The van der Waals surface area contributed by atoms with Crippen molar-refractivity contribution in [1.29, 1.82) is 0 Å². The van der Waals surface area contributed by atoms with Crippen LogP contribution >= 0.6 is 0 Å². The summed E-state index contributed by atoms with van der Waals surface area (Å²) in [5.41, 5.74) is 6.14. The van der Waals surface area contributed by atoms with Crippen molar-refractivity contribution >= 4 is 102 Å². The fraction of sp³-hybridized carbons (Fsp3) is 0. The Balaban J connectivity index is 0.00000256. The van der Waals surface area contributed by atoms with Gasteiger partial charge in [-0.25, -0.2) is 16.8 Å². The number of hydrogen-bond donors (Lipinski definition) is 2. The average Bonchev–Trinajstić information content (AvgIpc) is 3.15. The molecule has 0 saturated heterocycles. The Hall–Kier alpha value is -3.55. The number of anilines is 1. The van der Waals surface area contributed by atoms with E-state index in [-0.39, 0.29) is 144 Å². The van der Waals surface area contributed by atoms with Crippen molar-refractivity contribution in [2.75, 3.05) is 5.73 Å². The molecule has 7 aromatic carbocycles. The Morgan fingerprint density at radius 1 is 0.492 bits per heavy atom. The van der Waals surface area contributed by atoms with Crippen molar-refractivity contribution in [3.8, 4) is 5.75 Å². The van der Waals surface area contributed by atoms with Crippen LogP contribution in [0.3, 0.4) is 0 Å². The van der Waals surface area contributed by atoms with Crippen molar-refractivity contribution < 1.29 is 133 Å². The van der Waals surface area contributed by atoms with Gasteiger partial charge in [-0.05, 0) is 89.6 Å². The summed E-state index contributed by atoms with van der Waals surface area (Å²) in [7, 11) is -14.9. The maximum absolute atomic E-state index is 13.3. The number of fused-ring (bicyclic) bond motifs is 3. The van der Waals surface area contributed by atoms with Gasteiger partial charge in [0.05, 0.1) is 43.9 Å². The molecule has 0 aromatic heterocycles. The minimum atomic E-state index is -4.99. The van der Waals surface area contributed by atoms with Gasteiger partial charge >= 0.3 is 88.7 Å². The third kappa shape index (κ3) is 10.7. The van der Waals surface area contributed by atoms with E-state index in [1.807, 2.05) is 0 Å². The fourth-order valence-corrected chi connectivity index (χ4v) is 7.37. The summed E-state index contributed by atoms with van der Waals surface area (Å²) >= 11 is 0. The molecule has 17 nitrogen and oxygen atoms in total. The number of nitrogens with zero attached hydrogens (tertiary/aromatic N) is 6. The average molecular weight is 878 g/mol. The quantitative estimate of drug-likeness (QED) is 0.0777. The second-order valence-electron chi connectivity index (χ2n) is 12.0. The molecule has 59 heavy (non-hydrogen) atoms. The minimum Gasteiger partial charge on any atom is -0.871 e. The summed E-state index contributed by atoms with van der Waals surface area (Å²) in [6, 6.07) is 26.3. The van der Waals surface area contributed by atoms with E-state index in [0.29, 0.717) is 11.1 Å². The summed E-state index contributed by atoms with van der Waals surface area (Å²) in [6.45, 7) is 0. The Kier molecular flexibility index (Phi) is 15.5. The minimum absolute atomic E-state index is 0. The van der Waals surface area contributed by atoms with E-state index in [1.54, 1.807) is 30.3 Å². The molecule has 0 aliphatic rings. The summed E-state index contributed by atoms with van der Waals surface area (Å²) in [6.07, 6.45) is 0. The number of nitrogen functional groups attached to an aromatic ring is 1. The summed E-state index contributed by atoms with van der Waals surface area (Å²) < 4.78 is 106. The molecule has 0 spiro atoms. The number of nitrogens with two attached hydrogens (primary N) is 1. The molecule has 0 aliphatic carbocycles. The third-order valence-corrected chi connectivity index (χ3v) is 10.9. The van der Waals surface area contributed by atoms with Gasteiger partial charge in [0.2, 0.25) is 0 Å². The van der Waals surface area contributed by atoms with Gasteiger partial charge < -0.3 is 19.9 Å². The van der Waals surface area contributed by atoms with Gasteiger partial charge in [-0.15, -0.1) is 25.6 Å². The van der Waals surface area contributed by atoms with Crippen molar-refractivity contribution in [3.63, 3.8) is 0 Å². The van der Waals surface area contributed by atoms with Crippen LogP contribution in [0.25, 0.3) is 32.3 Å². The van der Waals surface area contributed by atoms with E-state index in [4.69, 9.17) is 5.73 Å². The van der Waals surface area contributed by atoms with Gasteiger partial charge in [0.15, 0.2) is 0 Å². The first-order valence-electron chi connectivity index (χ1n) is 15.8.